The molecular weight excluding hydrogens is 422 g/mol. The average molecular weight is 446 g/mol. The molecule has 2 heterocycles. The molecule has 0 atom stereocenters. The lowest BCUT2D eigenvalue weighted by Crippen LogP contribution is -2.23. The molecule has 0 aliphatic carbocycles. The number of carbonyl (C=O) groups is 2. The fraction of sp³-hybridized carbons (Fsp3) is 0.167. The van der Waals surface area contributed by atoms with Crippen molar-refractivity contribution in [1.82, 2.24) is 19.9 Å². The smallest absolute Gasteiger partial charge is 0.253 e. The zero-order valence-corrected chi connectivity index (χ0v) is 18.6. The summed E-state index contributed by atoms with van der Waals surface area (Å²) in [7, 11) is 0. The number of rotatable bonds is 7. The predicted octanol–water partition coefficient (Wildman–Crippen LogP) is 4.01. The van der Waals surface area contributed by atoms with Crippen molar-refractivity contribution in [2.45, 2.75) is 25.5 Å². The number of benzene rings is 2. The van der Waals surface area contributed by atoms with Gasteiger partial charge in [-0.05, 0) is 54.8 Å². The molecule has 0 radical (unpaired) electrons. The van der Waals surface area contributed by atoms with Crippen molar-refractivity contribution < 1.29 is 9.59 Å². The number of nitrogens with zero attached hydrogens (tertiary/aromatic N) is 3. The minimum absolute atomic E-state index is 0.131. The number of amides is 2. The van der Waals surface area contributed by atoms with Gasteiger partial charge in [0, 0.05) is 18.4 Å². The standard InChI is InChI=1S/C24H23N5O2S/c1-16-10-17(2)12-20(11-16)26-22(30)15-32-24-28-27-21-9-8-19(14-29(21)24)23(31)25-13-18-6-4-3-5-7-18/h3-12,14H,13,15H2,1-2H3,(H,25,31)(H,26,30). The molecule has 2 amide bonds. The Morgan fingerprint density at radius 2 is 1.72 bits per heavy atom. The first-order valence-corrected chi connectivity index (χ1v) is 11.1. The number of aryl methyl sites for hydroxylation is 2. The van der Waals surface area contributed by atoms with Crippen LogP contribution in [0.15, 0.2) is 72.0 Å². The second-order valence-corrected chi connectivity index (χ2v) is 8.45. The van der Waals surface area contributed by atoms with Gasteiger partial charge in [-0.3, -0.25) is 14.0 Å². The van der Waals surface area contributed by atoms with Gasteiger partial charge in [0.1, 0.15) is 0 Å². The maximum Gasteiger partial charge on any atom is 0.253 e. The van der Waals surface area contributed by atoms with Crippen molar-refractivity contribution >= 4 is 34.9 Å². The number of hydrogen-bond donors (Lipinski definition) is 2. The number of fused-ring (bicyclic) bond motifs is 1. The molecule has 0 saturated heterocycles. The van der Waals surface area contributed by atoms with E-state index in [-0.39, 0.29) is 17.6 Å². The summed E-state index contributed by atoms with van der Waals surface area (Å²) in [6, 6.07) is 19.1. The monoisotopic (exact) mass is 445 g/mol. The summed E-state index contributed by atoms with van der Waals surface area (Å²) in [5.41, 5.74) is 5.09. The van der Waals surface area contributed by atoms with Gasteiger partial charge in [-0.2, -0.15) is 0 Å². The quantitative estimate of drug-likeness (QED) is 0.420. The van der Waals surface area contributed by atoms with Crippen LogP contribution in [0.3, 0.4) is 0 Å². The maximum absolute atomic E-state index is 12.6. The van der Waals surface area contributed by atoms with E-state index < -0.39 is 0 Å². The van der Waals surface area contributed by atoms with Gasteiger partial charge in [0.15, 0.2) is 10.8 Å². The van der Waals surface area contributed by atoms with E-state index in [0.29, 0.717) is 22.9 Å². The zero-order chi connectivity index (χ0) is 22.5. The van der Waals surface area contributed by atoms with Crippen molar-refractivity contribution in [3.05, 3.63) is 89.1 Å². The second kappa shape index (κ2) is 9.65. The zero-order valence-electron chi connectivity index (χ0n) is 17.8. The van der Waals surface area contributed by atoms with Gasteiger partial charge in [0.05, 0.1) is 11.3 Å². The third-order valence-electron chi connectivity index (χ3n) is 4.77. The molecule has 162 valence electrons. The summed E-state index contributed by atoms with van der Waals surface area (Å²) in [6.45, 7) is 4.43. The summed E-state index contributed by atoms with van der Waals surface area (Å²) < 4.78 is 1.73. The SMILES string of the molecule is Cc1cc(C)cc(NC(=O)CSc2nnc3ccc(C(=O)NCc4ccccc4)cn23)c1. The van der Waals surface area contributed by atoms with Crippen LogP contribution in [0.2, 0.25) is 0 Å². The number of carbonyl (C=O) groups excluding carboxylic acids is 2. The third-order valence-corrected chi connectivity index (χ3v) is 5.71. The largest absolute Gasteiger partial charge is 0.348 e. The molecule has 0 aliphatic rings. The lowest BCUT2D eigenvalue weighted by atomic mass is 10.1. The van der Waals surface area contributed by atoms with Gasteiger partial charge in [-0.15, -0.1) is 10.2 Å². The summed E-state index contributed by atoms with van der Waals surface area (Å²) in [5.74, 6) is -0.139. The highest BCUT2D eigenvalue weighted by Gasteiger charge is 2.13. The number of anilines is 1. The first-order valence-electron chi connectivity index (χ1n) is 10.2. The van der Waals surface area contributed by atoms with Crippen molar-refractivity contribution in [3.63, 3.8) is 0 Å². The number of aromatic nitrogens is 3. The molecule has 32 heavy (non-hydrogen) atoms. The number of thioether (sulfide) groups is 1. The average Bonchev–Trinajstić information content (AvgIpc) is 3.18. The van der Waals surface area contributed by atoms with Gasteiger partial charge in [-0.1, -0.05) is 48.2 Å². The molecule has 2 N–H and O–H groups in total. The molecule has 4 rings (SSSR count). The molecule has 2 aromatic carbocycles. The van der Waals surface area contributed by atoms with Crippen LogP contribution in [-0.2, 0) is 11.3 Å². The lowest BCUT2D eigenvalue weighted by Gasteiger charge is -2.08. The van der Waals surface area contributed by atoms with Gasteiger partial charge < -0.3 is 10.6 Å². The van der Waals surface area contributed by atoms with E-state index >= 15 is 0 Å². The van der Waals surface area contributed by atoms with E-state index in [0.717, 1.165) is 22.4 Å². The van der Waals surface area contributed by atoms with Gasteiger partial charge in [0.25, 0.3) is 5.91 Å². The molecular formula is C24H23N5O2S. The van der Waals surface area contributed by atoms with Crippen LogP contribution in [0.5, 0.6) is 0 Å². The molecule has 0 fully saturated rings. The van der Waals surface area contributed by atoms with E-state index in [1.807, 2.05) is 56.3 Å². The van der Waals surface area contributed by atoms with Crippen molar-refractivity contribution in [2.75, 3.05) is 11.1 Å². The first-order chi connectivity index (χ1) is 15.5. The second-order valence-electron chi connectivity index (χ2n) is 7.51. The van der Waals surface area contributed by atoms with E-state index in [1.165, 1.54) is 11.8 Å². The van der Waals surface area contributed by atoms with E-state index in [1.54, 1.807) is 22.7 Å². The number of pyridine rings is 1. The number of nitrogens with one attached hydrogen (secondary N) is 2. The Kier molecular flexibility index (Phi) is 6.51. The number of hydrogen-bond acceptors (Lipinski definition) is 5. The molecule has 0 spiro atoms. The van der Waals surface area contributed by atoms with Crippen molar-refractivity contribution in [3.8, 4) is 0 Å². The highest BCUT2D eigenvalue weighted by atomic mass is 32.2. The fourth-order valence-electron chi connectivity index (χ4n) is 3.36. The summed E-state index contributed by atoms with van der Waals surface area (Å²) in [4.78, 5) is 25.0. The molecule has 0 unspecified atom stereocenters. The minimum Gasteiger partial charge on any atom is -0.348 e. The Balaban J connectivity index is 1.40. The van der Waals surface area contributed by atoms with Crippen LogP contribution in [0, 0.1) is 13.8 Å². The third kappa shape index (κ3) is 5.33. The highest BCUT2D eigenvalue weighted by molar-refractivity contribution is 7.99. The van der Waals surface area contributed by atoms with Crippen LogP contribution in [0.4, 0.5) is 5.69 Å². The topological polar surface area (TPSA) is 88.4 Å². The summed E-state index contributed by atoms with van der Waals surface area (Å²) in [5, 5.41) is 14.7. The molecule has 0 saturated carbocycles. The summed E-state index contributed by atoms with van der Waals surface area (Å²) in [6.07, 6.45) is 1.69. The Hall–Kier alpha value is -3.65. The molecule has 2 aromatic heterocycles. The molecule has 4 aromatic rings. The molecule has 8 heteroatoms. The highest BCUT2D eigenvalue weighted by Crippen LogP contribution is 2.19. The van der Waals surface area contributed by atoms with Crippen molar-refractivity contribution in [2.24, 2.45) is 0 Å². The first kappa shape index (κ1) is 21.6. The Bertz CT molecular complexity index is 1250. The minimum atomic E-state index is -0.187. The fourth-order valence-corrected chi connectivity index (χ4v) is 4.07. The van der Waals surface area contributed by atoms with Gasteiger partial charge >= 0.3 is 0 Å². The van der Waals surface area contributed by atoms with Crippen LogP contribution in [0.1, 0.15) is 27.0 Å². The maximum atomic E-state index is 12.6. The normalized spacial score (nSPS) is 10.8. The lowest BCUT2D eigenvalue weighted by molar-refractivity contribution is -0.113. The Labute approximate surface area is 190 Å². The molecule has 0 aliphatic heterocycles. The Morgan fingerprint density at radius 3 is 2.47 bits per heavy atom. The van der Waals surface area contributed by atoms with Gasteiger partial charge in [-0.25, -0.2) is 0 Å². The molecule has 0 bridgehead atoms. The van der Waals surface area contributed by atoms with Crippen LogP contribution >= 0.6 is 11.8 Å². The van der Waals surface area contributed by atoms with Crippen LogP contribution in [0.25, 0.3) is 5.65 Å². The Morgan fingerprint density at radius 1 is 0.969 bits per heavy atom. The van der Waals surface area contributed by atoms with E-state index in [4.69, 9.17) is 0 Å². The van der Waals surface area contributed by atoms with Crippen LogP contribution < -0.4 is 10.6 Å². The van der Waals surface area contributed by atoms with Gasteiger partial charge in [0.2, 0.25) is 5.91 Å². The van der Waals surface area contributed by atoms with E-state index in [2.05, 4.69) is 26.9 Å². The predicted molar refractivity (Wildman–Crippen MR) is 126 cm³/mol. The van der Waals surface area contributed by atoms with Crippen LogP contribution in [-0.4, -0.2) is 32.2 Å². The van der Waals surface area contributed by atoms with Crippen molar-refractivity contribution in [1.29, 1.82) is 0 Å². The van der Waals surface area contributed by atoms with E-state index in [9.17, 15) is 9.59 Å². The summed E-state index contributed by atoms with van der Waals surface area (Å²) >= 11 is 1.27. The molecule has 7 nitrogen and oxygen atoms in total.